The minimum absolute atomic E-state index is 0.141. The van der Waals surface area contributed by atoms with Gasteiger partial charge in [0, 0.05) is 11.6 Å². The van der Waals surface area contributed by atoms with E-state index in [0.29, 0.717) is 22.6 Å². The quantitative estimate of drug-likeness (QED) is 0.888. The molecule has 0 amide bonds. The minimum atomic E-state index is -0.454. The summed E-state index contributed by atoms with van der Waals surface area (Å²) in [6, 6.07) is 6.29. The van der Waals surface area contributed by atoms with Crippen molar-refractivity contribution in [1.29, 1.82) is 0 Å². The van der Waals surface area contributed by atoms with E-state index in [0.717, 1.165) is 6.07 Å². The number of halogens is 3. The smallest absolute Gasteiger partial charge is 0.146 e. The molecular formula is C15H14ClF2NO. The van der Waals surface area contributed by atoms with Crippen molar-refractivity contribution in [2.45, 2.75) is 19.9 Å². The molecule has 0 unspecified atom stereocenters. The van der Waals surface area contributed by atoms with Crippen LogP contribution in [0.15, 0.2) is 30.3 Å². The zero-order chi connectivity index (χ0) is 14.9. The summed E-state index contributed by atoms with van der Waals surface area (Å²) < 4.78 is 32.3. The molecule has 0 bridgehead atoms. The maximum Gasteiger partial charge on any atom is 0.146 e. The van der Waals surface area contributed by atoms with Crippen molar-refractivity contribution in [2.24, 2.45) is 5.73 Å². The summed E-state index contributed by atoms with van der Waals surface area (Å²) >= 11 is 5.91. The van der Waals surface area contributed by atoms with Gasteiger partial charge in [-0.15, -0.1) is 0 Å². The molecule has 0 spiro atoms. The van der Waals surface area contributed by atoms with E-state index < -0.39 is 11.9 Å². The minimum Gasteiger partial charge on any atom is -0.455 e. The third kappa shape index (κ3) is 3.08. The largest absolute Gasteiger partial charge is 0.455 e. The van der Waals surface area contributed by atoms with Crippen LogP contribution < -0.4 is 10.5 Å². The summed E-state index contributed by atoms with van der Waals surface area (Å²) in [5.74, 6) is -0.103. The van der Waals surface area contributed by atoms with Gasteiger partial charge >= 0.3 is 0 Å². The number of ether oxygens (including phenoxy) is 1. The molecule has 2 aromatic rings. The average Bonchev–Trinajstić information content (AvgIpc) is 2.36. The Bertz CT molecular complexity index is 644. The van der Waals surface area contributed by atoms with Crippen molar-refractivity contribution in [3.8, 4) is 11.5 Å². The maximum absolute atomic E-state index is 13.6. The second kappa shape index (κ2) is 5.77. The number of benzene rings is 2. The van der Waals surface area contributed by atoms with E-state index in [1.165, 1.54) is 18.2 Å². The van der Waals surface area contributed by atoms with Crippen LogP contribution in [0.25, 0.3) is 0 Å². The van der Waals surface area contributed by atoms with Crippen molar-refractivity contribution in [1.82, 2.24) is 0 Å². The summed E-state index contributed by atoms with van der Waals surface area (Å²) in [4.78, 5) is 0. The van der Waals surface area contributed by atoms with Crippen LogP contribution in [0, 0.1) is 18.6 Å². The predicted molar refractivity (Wildman–Crippen MR) is 75.2 cm³/mol. The Morgan fingerprint density at radius 2 is 1.85 bits per heavy atom. The molecule has 5 heteroatoms. The number of rotatable bonds is 3. The van der Waals surface area contributed by atoms with E-state index in [2.05, 4.69) is 0 Å². The topological polar surface area (TPSA) is 35.2 Å². The van der Waals surface area contributed by atoms with E-state index in [1.807, 2.05) is 0 Å². The molecule has 2 N–H and O–H groups in total. The Labute approximate surface area is 121 Å². The van der Waals surface area contributed by atoms with Gasteiger partial charge in [-0.2, -0.15) is 0 Å². The third-order valence-corrected chi connectivity index (χ3v) is 3.19. The first-order valence-corrected chi connectivity index (χ1v) is 6.45. The Kier molecular flexibility index (Phi) is 4.26. The lowest BCUT2D eigenvalue weighted by molar-refractivity contribution is 0.467. The van der Waals surface area contributed by atoms with Gasteiger partial charge in [0.05, 0.1) is 5.02 Å². The van der Waals surface area contributed by atoms with E-state index in [9.17, 15) is 8.78 Å². The molecule has 20 heavy (non-hydrogen) atoms. The molecule has 0 saturated heterocycles. The first-order valence-electron chi connectivity index (χ1n) is 6.07. The first-order chi connectivity index (χ1) is 9.38. The van der Waals surface area contributed by atoms with Gasteiger partial charge < -0.3 is 10.5 Å². The summed E-state index contributed by atoms with van der Waals surface area (Å²) in [6.45, 7) is 3.35. The zero-order valence-electron chi connectivity index (χ0n) is 11.1. The van der Waals surface area contributed by atoms with Gasteiger partial charge in [0.25, 0.3) is 0 Å². The molecule has 0 fully saturated rings. The molecule has 0 aliphatic carbocycles. The molecule has 2 nitrogen and oxygen atoms in total. The molecule has 0 heterocycles. The number of hydrogen-bond donors (Lipinski definition) is 1. The normalized spacial score (nSPS) is 12.3. The lowest BCUT2D eigenvalue weighted by Crippen LogP contribution is -2.08. The molecule has 106 valence electrons. The lowest BCUT2D eigenvalue weighted by atomic mass is 10.1. The summed E-state index contributed by atoms with van der Waals surface area (Å²) in [7, 11) is 0. The Morgan fingerprint density at radius 1 is 1.15 bits per heavy atom. The van der Waals surface area contributed by atoms with Gasteiger partial charge in [0.15, 0.2) is 0 Å². The highest BCUT2D eigenvalue weighted by Crippen LogP contribution is 2.34. The number of nitrogens with two attached hydrogens (primary N) is 1. The molecule has 0 radical (unpaired) electrons. The first kappa shape index (κ1) is 14.8. The second-order valence-corrected chi connectivity index (χ2v) is 5.01. The van der Waals surface area contributed by atoms with Crippen molar-refractivity contribution in [3.63, 3.8) is 0 Å². The molecule has 1 atom stereocenters. The van der Waals surface area contributed by atoms with Crippen LogP contribution in [0.3, 0.4) is 0 Å². The van der Waals surface area contributed by atoms with E-state index in [1.54, 1.807) is 19.9 Å². The summed E-state index contributed by atoms with van der Waals surface area (Å²) in [5, 5.41) is 0.141. The Hall–Kier alpha value is -1.65. The van der Waals surface area contributed by atoms with Crippen LogP contribution in [0.2, 0.25) is 5.02 Å². The fourth-order valence-corrected chi connectivity index (χ4v) is 2.00. The molecule has 0 aliphatic rings. The summed E-state index contributed by atoms with van der Waals surface area (Å²) in [5.41, 5.74) is 6.76. The molecule has 2 rings (SSSR count). The van der Waals surface area contributed by atoms with Crippen LogP contribution in [0.5, 0.6) is 11.5 Å². The van der Waals surface area contributed by atoms with Crippen LogP contribution in [0.1, 0.15) is 24.1 Å². The van der Waals surface area contributed by atoms with Crippen LogP contribution in [-0.2, 0) is 0 Å². The number of hydrogen-bond acceptors (Lipinski definition) is 2. The van der Waals surface area contributed by atoms with E-state index in [-0.39, 0.29) is 10.8 Å². The Morgan fingerprint density at radius 3 is 2.45 bits per heavy atom. The van der Waals surface area contributed by atoms with Crippen molar-refractivity contribution < 1.29 is 13.5 Å². The van der Waals surface area contributed by atoms with Gasteiger partial charge in [-0.25, -0.2) is 8.78 Å². The molecule has 0 aromatic heterocycles. The van der Waals surface area contributed by atoms with Gasteiger partial charge in [-0.1, -0.05) is 11.6 Å². The second-order valence-electron chi connectivity index (χ2n) is 4.60. The van der Waals surface area contributed by atoms with Gasteiger partial charge in [0.2, 0.25) is 0 Å². The van der Waals surface area contributed by atoms with Crippen LogP contribution >= 0.6 is 11.6 Å². The SMILES string of the molecule is Cc1cc(Oc2ccc(F)cc2Cl)c([C@@H](C)N)cc1F. The lowest BCUT2D eigenvalue weighted by Gasteiger charge is -2.16. The van der Waals surface area contributed by atoms with E-state index >= 15 is 0 Å². The monoisotopic (exact) mass is 297 g/mol. The van der Waals surface area contributed by atoms with Crippen LogP contribution in [-0.4, -0.2) is 0 Å². The van der Waals surface area contributed by atoms with Crippen molar-refractivity contribution in [3.05, 3.63) is 58.1 Å². The highest BCUT2D eigenvalue weighted by atomic mass is 35.5. The van der Waals surface area contributed by atoms with Crippen LogP contribution in [0.4, 0.5) is 8.78 Å². The average molecular weight is 298 g/mol. The molecular weight excluding hydrogens is 284 g/mol. The Balaban J connectivity index is 2.44. The highest BCUT2D eigenvalue weighted by molar-refractivity contribution is 6.32. The predicted octanol–water partition coefficient (Wildman–Crippen LogP) is 4.74. The van der Waals surface area contributed by atoms with Gasteiger partial charge in [-0.05, 0) is 49.7 Å². The zero-order valence-corrected chi connectivity index (χ0v) is 11.8. The highest BCUT2D eigenvalue weighted by Gasteiger charge is 2.14. The molecule has 2 aromatic carbocycles. The fourth-order valence-electron chi connectivity index (χ4n) is 1.79. The summed E-state index contributed by atoms with van der Waals surface area (Å²) in [6.07, 6.45) is 0. The van der Waals surface area contributed by atoms with Crippen molar-refractivity contribution >= 4 is 11.6 Å². The number of aryl methyl sites for hydroxylation is 1. The molecule has 0 aliphatic heterocycles. The van der Waals surface area contributed by atoms with Gasteiger partial charge in [0.1, 0.15) is 23.1 Å². The van der Waals surface area contributed by atoms with Crippen molar-refractivity contribution in [2.75, 3.05) is 0 Å². The maximum atomic E-state index is 13.6. The fraction of sp³-hybridized carbons (Fsp3) is 0.200. The standard InChI is InChI=1S/C15H14ClF2NO/c1-8-5-15(11(9(2)19)7-13(8)18)20-14-4-3-10(17)6-12(14)16/h3-7,9H,19H2,1-2H3/t9-/m1/s1. The van der Waals surface area contributed by atoms with E-state index in [4.69, 9.17) is 22.1 Å². The third-order valence-electron chi connectivity index (χ3n) is 2.90. The van der Waals surface area contributed by atoms with Gasteiger partial charge in [-0.3, -0.25) is 0 Å². The molecule has 0 saturated carbocycles.